The van der Waals surface area contributed by atoms with Gasteiger partial charge in [0.25, 0.3) is 10.9 Å². The molecule has 0 fully saturated rings. The van der Waals surface area contributed by atoms with Gasteiger partial charge in [-0.2, -0.15) is 0 Å². The van der Waals surface area contributed by atoms with Crippen LogP contribution in [0.5, 0.6) is 5.88 Å². The number of ether oxygens (including phenoxy) is 1. The first-order chi connectivity index (χ1) is 4.74. The number of thiol groups is 1. The second-order valence-electron chi connectivity index (χ2n) is 1.61. The monoisotopic (exact) mass is 181 g/mol. The van der Waals surface area contributed by atoms with Crippen molar-refractivity contribution in [2.45, 2.75) is 5.03 Å². The molecule has 0 N–H and O–H groups in total. The van der Waals surface area contributed by atoms with Gasteiger partial charge in [0.1, 0.15) is 0 Å². The molecule has 4 nitrogen and oxygen atoms in total. The van der Waals surface area contributed by atoms with E-state index in [1.54, 1.807) is 6.07 Å². The zero-order valence-electron chi connectivity index (χ0n) is 6.31. The third-order valence-electron chi connectivity index (χ3n) is 0.969. The smallest absolute Gasteiger partial charge is 0.593 e. The molecule has 0 atom stereocenters. The van der Waals surface area contributed by atoms with Crippen LogP contribution in [0.25, 0.3) is 0 Å². The van der Waals surface area contributed by atoms with E-state index in [0.29, 0.717) is 4.85 Å². The van der Waals surface area contributed by atoms with Crippen LogP contribution in [0.2, 0.25) is 0 Å². The molecule has 1 aromatic heterocycles. The van der Waals surface area contributed by atoms with Gasteiger partial charge < -0.3 is 9.94 Å². The topological polar surface area (TPSA) is 49.1 Å². The van der Waals surface area contributed by atoms with Gasteiger partial charge in [-0.05, 0) is 4.85 Å². The summed E-state index contributed by atoms with van der Waals surface area (Å²) in [5, 5.41) is 14.4. The predicted octanol–water partition coefficient (Wildman–Crippen LogP) is -2.98. The van der Waals surface area contributed by atoms with Crippen LogP contribution in [-0.4, -0.2) is 12.2 Å². The molecule has 1 rings (SSSR count). The van der Waals surface area contributed by atoms with Crippen LogP contribution in [0.4, 0.5) is 0 Å². The van der Waals surface area contributed by atoms with Crippen molar-refractivity contribution in [3.05, 3.63) is 17.3 Å². The summed E-state index contributed by atoms with van der Waals surface area (Å²) >= 11 is 3.82. The van der Waals surface area contributed by atoms with Gasteiger partial charge in [0, 0.05) is 12.1 Å². The van der Waals surface area contributed by atoms with Crippen LogP contribution in [0.3, 0.4) is 0 Å². The first kappa shape index (κ1) is 11.0. The van der Waals surface area contributed by atoms with Gasteiger partial charge in [0.15, 0.2) is 0 Å². The third kappa shape index (κ3) is 2.86. The van der Waals surface area contributed by atoms with Gasteiger partial charge >= 0.3 is 29.6 Å². The molecule has 54 valence electrons. The Bertz CT molecular complexity index is 246. The maximum absolute atomic E-state index is 10.6. The Hall–Kier alpha value is 0.0300. The van der Waals surface area contributed by atoms with E-state index in [1.807, 2.05) is 0 Å². The van der Waals surface area contributed by atoms with E-state index in [2.05, 4.69) is 22.5 Å². The third-order valence-corrected chi connectivity index (χ3v) is 1.29. The normalized spacial score (nSPS) is 8.55. The first-order valence-corrected chi connectivity index (χ1v) is 3.02. The number of hydrogen-bond acceptors (Lipinski definition) is 4. The molecule has 11 heavy (non-hydrogen) atoms. The molecule has 0 saturated heterocycles. The number of rotatable bonds is 1. The average Bonchev–Trinajstić information content (AvgIpc) is 1.95. The fraction of sp³-hybridized carbons (Fsp3) is 0.200. The Balaban J connectivity index is 0.000001000. The minimum Gasteiger partial charge on any atom is -0.593 e. The van der Waals surface area contributed by atoms with Gasteiger partial charge in [-0.15, -0.1) is 0 Å². The van der Waals surface area contributed by atoms with Gasteiger partial charge in [-0.25, -0.2) is 0 Å². The number of methoxy groups -OCH3 is 1. The van der Waals surface area contributed by atoms with E-state index in [0.717, 1.165) is 0 Å². The van der Waals surface area contributed by atoms with Crippen molar-refractivity contribution in [3.63, 3.8) is 0 Å². The van der Waals surface area contributed by atoms with E-state index in [4.69, 9.17) is 0 Å². The van der Waals surface area contributed by atoms with E-state index in [9.17, 15) is 5.21 Å². The zero-order chi connectivity index (χ0) is 7.56. The molecule has 0 saturated carbocycles. The van der Waals surface area contributed by atoms with Crippen LogP contribution in [0.1, 0.15) is 0 Å². The largest absolute Gasteiger partial charge is 1.00 e. The van der Waals surface area contributed by atoms with E-state index >= 15 is 0 Å². The average molecular weight is 181 g/mol. The minimum absolute atomic E-state index is 0. The summed E-state index contributed by atoms with van der Waals surface area (Å²) < 4.78 is 4.68. The van der Waals surface area contributed by atoms with E-state index in [1.165, 1.54) is 13.2 Å². The maximum Gasteiger partial charge on any atom is 1.00 e. The van der Waals surface area contributed by atoms with Crippen LogP contribution in [-0.2, 0) is 0 Å². The first-order valence-electron chi connectivity index (χ1n) is 2.58. The Morgan fingerprint density at radius 2 is 2.27 bits per heavy atom. The Morgan fingerprint density at radius 1 is 1.64 bits per heavy atom. The van der Waals surface area contributed by atoms with Gasteiger partial charge in [-0.1, -0.05) is 12.6 Å². The van der Waals surface area contributed by atoms with Crippen molar-refractivity contribution in [2.24, 2.45) is 0 Å². The minimum atomic E-state index is 0. The molecule has 0 radical (unpaired) electrons. The standard InChI is InChI=1S/C5H6N2O2S.Na/c1-9-4-2-3-5(10)7(8)6-4;/h2-3,10H,1H3;/q;+1. The molecule has 0 spiro atoms. The van der Waals surface area contributed by atoms with Crippen LogP contribution >= 0.6 is 12.6 Å². The number of nitrogens with zero attached hydrogens (tertiary/aromatic N) is 2. The van der Waals surface area contributed by atoms with Gasteiger partial charge in [0.2, 0.25) is 0 Å². The van der Waals surface area contributed by atoms with Gasteiger partial charge in [0.05, 0.1) is 12.2 Å². The summed E-state index contributed by atoms with van der Waals surface area (Å²) in [4.78, 5) is 0.391. The van der Waals surface area contributed by atoms with Crippen molar-refractivity contribution in [1.29, 1.82) is 0 Å². The SMILES string of the molecule is COc1ccc(S)[n+]([O-])n1.[Na+]. The second-order valence-corrected chi connectivity index (χ2v) is 2.07. The Morgan fingerprint density at radius 3 is 2.73 bits per heavy atom. The fourth-order valence-corrected chi connectivity index (χ4v) is 0.612. The second kappa shape index (κ2) is 4.82. The summed E-state index contributed by atoms with van der Waals surface area (Å²) in [6.07, 6.45) is 0. The molecule has 0 amide bonds. The maximum atomic E-state index is 10.6. The summed E-state index contributed by atoms with van der Waals surface area (Å²) in [5.41, 5.74) is 0. The summed E-state index contributed by atoms with van der Waals surface area (Å²) in [5.74, 6) is 0.285. The quantitative estimate of drug-likeness (QED) is 0.218. The van der Waals surface area contributed by atoms with Crippen molar-refractivity contribution in [1.82, 2.24) is 5.10 Å². The molecule has 1 aromatic rings. The summed E-state index contributed by atoms with van der Waals surface area (Å²) in [6.45, 7) is 0. The van der Waals surface area contributed by atoms with Crippen molar-refractivity contribution in [3.8, 4) is 5.88 Å². The molecular formula is C5H6N2NaO2S+. The van der Waals surface area contributed by atoms with E-state index < -0.39 is 0 Å². The van der Waals surface area contributed by atoms with Crippen LogP contribution < -0.4 is 39.1 Å². The molecule has 0 aliphatic rings. The molecule has 0 unspecified atom stereocenters. The molecule has 0 bridgehead atoms. The Kier molecular flexibility index (Phi) is 4.83. The summed E-state index contributed by atoms with van der Waals surface area (Å²) in [7, 11) is 1.44. The Labute approximate surface area is 91.8 Å². The predicted molar refractivity (Wildman–Crippen MR) is 37.0 cm³/mol. The van der Waals surface area contributed by atoms with Gasteiger partial charge in [-0.3, -0.25) is 0 Å². The molecule has 0 aliphatic carbocycles. The molecular weight excluding hydrogens is 175 g/mol. The molecule has 0 aromatic carbocycles. The number of aromatic nitrogens is 2. The molecule has 6 heteroatoms. The summed E-state index contributed by atoms with van der Waals surface area (Å²) in [6, 6.07) is 3.08. The van der Waals surface area contributed by atoms with Crippen LogP contribution in [0.15, 0.2) is 17.2 Å². The van der Waals surface area contributed by atoms with Crippen molar-refractivity contribution in [2.75, 3.05) is 7.11 Å². The molecule has 1 heterocycles. The van der Waals surface area contributed by atoms with Crippen molar-refractivity contribution < 1.29 is 39.1 Å². The van der Waals surface area contributed by atoms with Crippen LogP contribution in [0, 0.1) is 5.21 Å². The van der Waals surface area contributed by atoms with Crippen molar-refractivity contribution >= 4 is 12.6 Å². The molecule has 0 aliphatic heterocycles. The number of hydrogen-bond donors (Lipinski definition) is 1. The van der Waals surface area contributed by atoms with E-state index in [-0.39, 0.29) is 40.5 Å². The fourth-order valence-electron chi connectivity index (χ4n) is 0.493. The zero-order valence-corrected chi connectivity index (χ0v) is 9.21.